The quantitative estimate of drug-likeness (QED) is 0.423. The second-order valence-electron chi connectivity index (χ2n) is 6.33. The average Bonchev–Trinajstić information content (AvgIpc) is 3.19. The van der Waals surface area contributed by atoms with Crippen LogP contribution >= 0.6 is 0 Å². The van der Waals surface area contributed by atoms with E-state index in [-0.39, 0.29) is 30.5 Å². The number of hydrogen-bond donors (Lipinski definition) is 2. The molecule has 0 fully saturated rings. The number of carbonyl (C=O) groups is 1. The van der Waals surface area contributed by atoms with Crippen molar-refractivity contribution < 1.29 is 26.8 Å². The van der Waals surface area contributed by atoms with Gasteiger partial charge in [-0.2, -0.15) is 13.2 Å². The number of halogens is 4. The topological polar surface area (TPSA) is 80.0 Å². The highest BCUT2D eigenvalue weighted by molar-refractivity contribution is 5.76. The predicted octanol–water partition coefficient (Wildman–Crippen LogP) is 4.06. The zero-order chi connectivity index (χ0) is 21.6. The van der Waals surface area contributed by atoms with Crippen molar-refractivity contribution in [3.63, 3.8) is 0 Å². The minimum absolute atomic E-state index is 0.155. The highest BCUT2D eigenvalue weighted by Gasteiger charge is 2.30. The van der Waals surface area contributed by atoms with E-state index in [1.165, 1.54) is 24.4 Å². The van der Waals surface area contributed by atoms with Crippen molar-refractivity contribution in [2.45, 2.75) is 19.0 Å². The van der Waals surface area contributed by atoms with Crippen LogP contribution in [0.4, 0.5) is 23.4 Å². The number of amides is 1. The van der Waals surface area contributed by atoms with E-state index in [1.807, 2.05) is 0 Å². The molecule has 30 heavy (non-hydrogen) atoms. The molecule has 3 aromatic rings. The van der Waals surface area contributed by atoms with Gasteiger partial charge < -0.3 is 15.1 Å². The maximum Gasteiger partial charge on any atom is 0.417 e. The zero-order valence-electron chi connectivity index (χ0n) is 15.7. The molecule has 0 saturated carbocycles. The second-order valence-corrected chi connectivity index (χ2v) is 6.33. The summed E-state index contributed by atoms with van der Waals surface area (Å²) in [6.07, 6.45) is -1.72. The van der Waals surface area contributed by atoms with Gasteiger partial charge in [-0.25, -0.2) is 14.4 Å². The number of oxazole rings is 1. The summed E-state index contributed by atoms with van der Waals surface area (Å²) in [5.41, 5.74) is -0.141. The maximum absolute atomic E-state index is 13.0. The third kappa shape index (κ3) is 6.03. The molecule has 1 amide bonds. The number of aryl methyl sites for hydroxylation is 1. The number of alkyl halides is 3. The molecule has 0 aliphatic heterocycles. The Kier molecular flexibility index (Phi) is 6.65. The summed E-state index contributed by atoms with van der Waals surface area (Å²) in [6, 6.07) is 7.95. The smallest absolute Gasteiger partial charge is 0.417 e. The molecule has 2 heterocycles. The third-order valence-electron chi connectivity index (χ3n) is 4.09. The summed E-state index contributed by atoms with van der Waals surface area (Å²) in [5, 5.41) is 5.51. The van der Waals surface area contributed by atoms with E-state index in [0.717, 1.165) is 12.3 Å². The van der Waals surface area contributed by atoms with Crippen molar-refractivity contribution in [1.29, 1.82) is 0 Å². The number of benzene rings is 1. The molecule has 0 aliphatic carbocycles. The minimum Gasteiger partial charge on any atom is -0.441 e. The Hall–Kier alpha value is -3.43. The molecule has 0 unspecified atom stereocenters. The first-order chi connectivity index (χ1) is 14.3. The number of nitrogens with zero attached hydrogens (tertiary/aromatic N) is 2. The van der Waals surface area contributed by atoms with Gasteiger partial charge in [-0.1, -0.05) is 0 Å². The van der Waals surface area contributed by atoms with E-state index in [0.29, 0.717) is 30.2 Å². The molecule has 0 atom stereocenters. The first-order valence-electron chi connectivity index (χ1n) is 9.06. The number of nitrogens with one attached hydrogen (secondary N) is 2. The van der Waals surface area contributed by atoms with E-state index in [2.05, 4.69) is 20.6 Å². The van der Waals surface area contributed by atoms with E-state index in [9.17, 15) is 22.4 Å². The molecule has 0 aliphatic rings. The van der Waals surface area contributed by atoms with Crippen molar-refractivity contribution in [2.75, 3.05) is 18.4 Å². The van der Waals surface area contributed by atoms with E-state index < -0.39 is 11.7 Å². The fraction of sp³-hybridized carbons (Fsp3) is 0.250. The van der Waals surface area contributed by atoms with Crippen LogP contribution in [0, 0.1) is 5.82 Å². The number of rotatable bonds is 8. The van der Waals surface area contributed by atoms with Gasteiger partial charge in [-0.05, 0) is 36.4 Å². The first kappa shape index (κ1) is 21.3. The van der Waals surface area contributed by atoms with Gasteiger partial charge in [0.25, 0.3) is 0 Å². The summed E-state index contributed by atoms with van der Waals surface area (Å²) in [7, 11) is 0. The van der Waals surface area contributed by atoms with Gasteiger partial charge >= 0.3 is 6.18 Å². The molecule has 0 saturated heterocycles. The summed E-state index contributed by atoms with van der Waals surface area (Å²) in [5.74, 6) is 0.582. The van der Waals surface area contributed by atoms with Crippen molar-refractivity contribution in [3.8, 4) is 11.3 Å². The van der Waals surface area contributed by atoms with E-state index in [1.54, 1.807) is 12.1 Å². The SMILES string of the molecule is O=C(CCc1ncc(-c2ccc(F)cc2)o1)NCCNc1ccc(C(F)(F)F)cn1. The van der Waals surface area contributed by atoms with Gasteiger partial charge in [0.05, 0.1) is 11.8 Å². The van der Waals surface area contributed by atoms with Crippen molar-refractivity contribution >= 4 is 11.7 Å². The van der Waals surface area contributed by atoms with Crippen LogP contribution in [0.3, 0.4) is 0 Å². The number of aromatic nitrogens is 2. The fourth-order valence-corrected chi connectivity index (χ4v) is 2.54. The number of carbonyl (C=O) groups excluding carboxylic acids is 1. The molecule has 1 aromatic carbocycles. The number of anilines is 1. The van der Waals surface area contributed by atoms with Crippen LogP contribution in [0.2, 0.25) is 0 Å². The fourth-order valence-electron chi connectivity index (χ4n) is 2.54. The van der Waals surface area contributed by atoms with E-state index >= 15 is 0 Å². The molecule has 158 valence electrons. The lowest BCUT2D eigenvalue weighted by molar-refractivity contribution is -0.137. The molecule has 2 aromatic heterocycles. The van der Waals surface area contributed by atoms with Crippen molar-refractivity contribution in [2.24, 2.45) is 0 Å². The Morgan fingerprint density at radius 2 is 1.77 bits per heavy atom. The van der Waals surface area contributed by atoms with Crippen LogP contribution in [0.5, 0.6) is 0 Å². The first-order valence-corrected chi connectivity index (χ1v) is 9.06. The molecule has 0 radical (unpaired) electrons. The lowest BCUT2D eigenvalue weighted by Crippen LogP contribution is -2.29. The van der Waals surface area contributed by atoms with Crippen LogP contribution in [0.1, 0.15) is 17.9 Å². The number of hydrogen-bond acceptors (Lipinski definition) is 5. The molecule has 10 heteroatoms. The van der Waals surface area contributed by atoms with Crippen LogP contribution in [-0.4, -0.2) is 29.0 Å². The largest absolute Gasteiger partial charge is 0.441 e. The number of pyridine rings is 1. The second kappa shape index (κ2) is 9.38. The lowest BCUT2D eigenvalue weighted by atomic mass is 10.2. The highest BCUT2D eigenvalue weighted by atomic mass is 19.4. The Balaban J connectivity index is 1.37. The predicted molar refractivity (Wildman–Crippen MR) is 101 cm³/mol. The van der Waals surface area contributed by atoms with E-state index in [4.69, 9.17) is 4.42 Å². The molecule has 2 N–H and O–H groups in total. The van der Waals surface area contributed by atoms with Crippen LogP contribution in [0.15, 0.2) is 53.2 Å². The summed E-state index contributed by atoms with van der Waals surface area (Å²) < 4.78 is 56.0. The Bertz CT molecular complexity index is 970. The van der Waals surface area contributed by atoms with Gasteiger partial charge in [0, 0.05) is 37.7 Å². The summed E-state index contributed by atoms with van der Waals surface area (Å²) in [6.45, 7) is 0.575. The molecule has 3 rings (SSSR count). The molecule has 0 spiro atoms. The maximum atomic E-state index is 13.0. The Morgan fingerprint density at radius 1 is 1.00 bits per heavy atom. The highest BCUT2D eigenvalue weighted by Crippen LogP contribution is 2.28. The van der Waals surface area contributed by atoms with Gasteiger partial charge in [-0.3, -0.25) is 4.79 Å². The Morgan fingerprint density at radius 3 is 2.43 bits per heavy atom. The van der Waals surface area contributed by atoms with Gasteiger partial charge in [0.2, 0.25) is 5.91 Å². The molecule has 0 bridgehead atoms. The van der Waals surface area contributed by atoms with Gasteiger partial charge in [-0.15, -0.1) is 0 Å². The van der Waals surface area contributed by atoms with Gasteiger partial charge in [0.15, 0.2) is 11.7 Å². The third-order valence-corrected chi connectivity index (χ3v) is 4.09. The summed E-state index contributed by atoms with van der Waals surface area (Å²) >= 11 is 0. The molecular formula is C20H18F4N4O2. The summed E-state index contributed by atoms with van der Waals surface area (Å²) in [4.78, 5) is 19.7. The minimum atomic E-state index is -4.43. The molecular weight excluding hydrogens is 404 g/mol. The lowest BCUT2D eigenvalue weighted by Gasteiger charge is -2.09. The monoisotopic (exact) mass is 422 g/mol. The normalized spacial score (nSPS) is 11.3. The van der Waals surface area contributed by atoms with Crippen LogP contribution < -0.4 is 10.6 Å². The molecule has 6 nitrogen and oxygen atoms in total. The zero-order valence-corrected chi connectivity index (χ0v) is 15.7. The van der Waals surface area contributed by atoms with Crippen LogP contribution in [-0.2, 0) is 17.4 Å². The standard InChI is InChI=1S/C20H18F4N4O2/c21-15-4-1-13(2-5-15)16-12-28-19(30-16)8-7-18(29)26-10-9-25-17-6-3-14(11-27-17)20(22,23)24/h1-6,11-12H,7-10H2,(H,25,27)(H,26,29). The Labute approximate surface area is 169 Å². The average molecular weight is 422 g/mol. The van der Waals surface area contributed by atoms with Gasteiger partial charge in [0.1, 0.15) is 11.6 Å². The van der Waals surface area contributed by atoms with Crippen LogP contribution in [0.25, 0.3) is 11.3 Å². The van der Waals surface area contributed by atoms with Crippen molar-refractivity contribution in [3.05, 3.63) is 66.1 Å². The van der Waals surface area contributed by atoms with Crippen molar-refractivity contribution in [1.82, 2.24) is 15.3 Å².